The highest BCUT2D eigenvalue weighted by Gasteiger charge is 2.67. The van der Waals surface area contributed by atoms with Gasteiger partial charge in [-0.1, -0.05) is 74.5 Å². The number of phenols is 1. The number of carbonyl (C=O) groups is 2. The third kappa shape index (κ3) is 5.28. The molecule has 1 amide bonds. The van der Waals surface area contributed by atoms with Crippen molar-refractivity contribution >= 4 is 18.0 Å². The van der Waals surface area contributed by atoms with Crippen LogP contribution in [-0.2, 0) is 27.8 Å². The Bertz CT molecular complexity index is 1640. The highest BCUT2D eigenvalue weighted by molar-refractivity contribution is 5.92. The first-order chi connectivity index (χ1) is 22.3. The number of amides is 1. The van der Waals surface area contributed by atoms with Crippen molar-refractivity contribution in [3.8, 4) is 17.2 Å². The molecule has 2 fully saturated rings. The van der Waals surface area contributed by atoms with Gasteiger partial charge in [0.2, 0.25) is 5.91 Å². The number of benzene rings is 3. The molecule has 0 aromatic heterocycles. The lowest BCUT2D eigenvalue weighted by Crippen LogP contribution is -2.69. The molecule has 2 heterocycles. The van der Waals surface area contributed by atoms with E-state index in [0.717, 1.165) is 61.9 Å². The van der Waals surface area contributed by atoms with Gasteiger partial charge in [-0.05, 0) is 67.7 Å². The van der Waals surface area contributed by atoms with Crippen LogP contribution in [0, 0.1) is 11.8 Å². The van der Waals surface area contributed by atoms with E-state index in [1.54, 1.807) is 12.1 Å². The summed E-state index contributed by atoms with van der Waals surface area (Å²) in [6, 6.07) is 22.2. The summed E-state index contributed by atoms with van der Waals surface area (Å²) in [5.74, 6) is 1.10. The predicted molar refractivity (Wildman–Crippen MR) is 178 cm³/mol. The Hall–Kier alpha value is -4.10. The number of rotatable bonds is 9. The monoisotopic (exact) mass is 620 g/mol. The molecule has 2 aliphatic carbocycles. The van der Waals surface area contributed by atoms with Crippen LogP contribution in [0.3, 0.4) is 0 Å². The summed E-state index contributed by atoms with van der Waals surface area (Å²) < 4.78 is 12.7. The molecule has 1 saturated carbocycles. The second kappa shape index (κ2) is 12.3. The van der Waals surface area contributed by atoms with Gasteiger partial charge in [0.25, 0.3) is 0 Å². The van der Waals surface area contributed by atoms with Gasteiger partial charge in [-0.25, -0.2) is 0 Å². The smallest absolute Gasteiger partial charge is 0.308 e. The lowest BCUT2D eigenvalue weighted by Gasteiger charge is -2.60. The van der Waals surface area contributed by atoms with E-state index in [-0.39, 0.29) is 41.2 Å². The summed E-state index contributed by atoms with van der Waals surface area (Å²) in [7, 11) is 0. The number of hydrogen-bond donors (Lipinski definition) is 1. The van der Waals surface area contributed by atoms with E-state index >= 15 is 0 Å². The van der Waals surface area contributed by atoms with Gasteiger partial charge in [0.15, 0.2) is 11.5 Å². The molecule has 3 aromatic carbocycles. The van der Waals surface area contributed by atoms with Gasteiger partial charge in [-0.3, -0.25) is 14.5 Å². The lowest BCUT2D eigenvalue weighted by atomic mass is 9.50. The van der Waals surface area contributed by atoms with Crippen LogP contribution in [0.15, 0.2) is 72.8 Å². The Morgan fingerprint density at radius 2 is 1.85 bits per heavy atom. The van der Waals surface area contributed by atoms with Crippen LogP contribution in [-0.4, -0.2) is 64.6 Å². The minimum atomic E-state index is -0.405. The Kier molecular flexibility index (Phi) is 8.14. The van der Waals surface area contributed by atoms with Crippen LogP contribution in [0.5, 0.6) is 17.2 Å². The normalized spacial score (nSPS) is 26.1. The molecule has 1 N–H and O–H groups in total. The van der Waals surface area contributed by atoms with Gasteiger partial charge in [0.05, 0.1) is 6.04 Å². The standard InChI is InChI=1S/C39H44N2O5/c1-25(2)24-41(35(44)17-14-27-10-6-4-7-11-27)31-16-15-30-32-22-29-34(45-26(3)42)23-33(43)37-36(29)39(30,38(31)46-37)19-21-40(32)20-18-28-12-8-5-9-13-28/h4-14,17,23,25,30-32,38,43H,15-16,18-22,24H2,1-3H3/t30-,31-,32+,38-,39-/m0/s1. The summed E-state index contributed by atoms with van der Waals surface area (Å²) in [5.41, 5.74) is 3.91. The number of nitrogens with zero attached hydrogens (tertiary/aromatic N) is 2. The van der Waals surface area contributed by atoms with Crippen LogP contribution in [0.25, 0.3) is 6.08 Å². The highest BCUT2D eigenvalue weighted by Crippen LogP contribution is 2.65. The van der Waals surface area contributed by atoms with E-state index in [1.807, 2.05) is 41.3 Å². The number of esters is 1. The Morgan fingerprint density at radius 3 is 2.57 bits per heavy atom. The van der Waals surface area contributed by atoms with Crippen molar-refractivity contribution in [3.05, 3.63) is 95.1 Å². The molecule has 46 heavy (non-hydrogen) atoms. The van der Waals surface area contributed by atoms with E-state index < -0.39 is 5.97 Å². The van der Waals surface area contributed by atoms with Crippen LogP contribution in [0.1, 0.15) is 62.3 Å². The zero-order valence-corrected chi connectivity index (χ0v) is 27.0. The third-order valence-electron chi connectivity index (χ3n) is 10.7. The molecule has 2 bridgehead atoms. The first-order valence-corrected chi connectivity index (χ1v) is 16.8. The molecule has 240 valence electrons. The molecule has 1 spiro atoms. The summed E-state index contributed by atoms with van der Waals surface area (Å²) in [4.78, 5) is 30.9. The molecule has 0 radical (unpaired) electrons. The van der Waals surface area contributed by atoms with E-state index in [9.17, 15) is 14.7 Å². The summed E-state index contributed by atoms with van der Waals surface area (Å²) in [6.07, 6.45) is 7.64. The highest BCUT2D eigenvalue weighted by atomic mass is 16.5. The second-order valence-corrected chi connectivity index (χ2v) is 13.9. The molecule has 2 aliphatic heterocycles. The van der Waals surface area contributed by atoms with Crippen LogP contribution >= 0.6 is 0 Å². The fourth-order valence-electron chi connectivity index (χ4n) is 9.02. The SMILES string of the molecule is CC(=O)Oc1cc(O)c2c3c1C[C@@H]1[C@@H]4CC[C@H](N(CC(C)C)C(=O)C=Cc5ccccc5)[C@H](O2)[C@]34CCN1CCc1ccccc1. The first-order valence-electron chi connectivity index (χ1n) is 16.8. The fourth-order valence-corrected chi connectivity index (χ4v) is 9.02. The van der Waals surface area contributed by atoms with Gasteiger partial charge < -0.3 is 19.5 Å². The van der Waals surface area contributed by atoms with Crippen molar-refractivity contribution in [2.24, 2.45) is 11.8 Å². The predicted octanol–water partition coefficient (Wildman–Crippen LogP) is 6.17. The second-order valence-electron chi connectivity index (χ2n) is 13.9. The van der Waals surface area contributed by atoms with E-state index in [1.165, 1.54) is 12.5 Å². The average Bonchev–Trinajstić information content (AvgIpc) is 3.39. The molecule has 3 aromatic rings. The largest absolute Gasteiger partial charge is 0.504 e. The Balaban J connectivity index is 1.28. The Labute approximate surface area is 271 Å². The van der Waals surface area contributed by atoms with E-state index in [0.29, 0.717) is 24.0 Å². The van der Waals surface area contributed by atoms with Gasteiger partial charge >= 0.3 is 5.97 Å². The molecule has 5 atom stereocenters. The molecule has 7 nitrogen and oxygen atoms in total. The maximum Gasteiger partial charge on any atom is 0.308 e. The summed E-state index contributed by atoms with van der Waals surface area (Å²) >= 11 is 0. The number of hydrogen-bond acceptors (Lipinski definition) is 6. The topological polar surface area (TPSA) is 79.3 Å². The van der Waals surface area contributed by atoms with Crippen LogP contribution in [0.2, 0.25) is 0 Å². The minimum absolute atomic E-state index is 0.00643. The van der Waals surface area contributed by atoms with Gasteiger partial charge in [0.1, 0.15) is 11.9 Å². The van der Waals surface area contributed by atoms with Crippen molar-refractivity contribution in [2.75, 3.05) is 19.6 Å². The number of aromatic hydroxyl groups is 1. The van der Waals surface area contributed by atoms with Gasteiger partial charge in [-0.15, -0.1) is 0 Å². The average molecular weight is 621 g/mol. The van der Waals surface area contributed by atoms with E-state index in [4.69, 9.17) is 9.47 Å². The quantitative estimate of drug-likeness (QED) is 0.175. The number of likely N-dealkylation sites (tertiary alicyclic amines) is 1. The zero-order chi connectivity index (χ0) is 32.0. The third-order valence-corrected chi connectivity index (χ3v) is 10.7. The number of ether oxygens (including phenoxy) is 2. The van der Waals surface area contributed by atoms with Gasteiger partial charge in [0, 0.05) is 54.7 Å². The maximum atomic E-state index is 14.0. The van der Waals surface area contributed by atoms with Crippen LogP contribution in [0.4, 0.5) is 0 Å². The summed E-state index contributed by atoms with van der Waals surface area (Å²) in [5, 5.41) is 11.3. The number of piperidine rings is 1. The maximum absolute atomic E-state index is 14.0. The molecule has 4 aliphatic rings. The number of phenolic OH excluding ortho intramolecular Hbond substituents is 1. The Morgan fingerprint density at radius 1 is 1.11 bits per heavy atom. The molecule has 7 heteroatoms. The molecular formula is C39H44N2O5. The van der Waals surface area contributed by atoms with Crippen molar-refractivity contribution in [2.45, 2.75) is 76.5 Å². The number of carbonyl (C=O) groups excluding carboxylic acids is 2. The molecule has 7 rings (SSSR count). The van der Waals surface area contributed by atoms with E-state index in [2.05, 4.69) is 49.1 Å². The van der Waals surface area contributed by atoms with Crippen molar-refractivity contribution in [1.82, 2.24) is 9.80 Å². The zero-order valence-electron chi connectivity index (χ0n) is 27.0. The van der Waals surface area contributed by atoms with Crippen LogP contribution < -0.4 is 9.47 Å². The molecule has 0 unspecified atom stereocenters. The van der Waals surface area contributed by atoms with Crippen molar-refractivity contribution in [3.63, 3.8) is 0 Å². The van der Waals surface area contributed by atoms with Gasteiger partial charge in [-0.2, -0.15) is 0 Å². The first kappa shape index (κ1) is 30.5. The minimum Gasteiger partial charge on any atom is -0.504 e. The lowest BCUT2D eigenvalue weighted by molar-refractivity contribution is -0.138. The molecule has 1 saturated heterocycles. The molecular weight excluding hydrogens is 576 g/mol. The summed E-state index contributed by atoms with van der Waals surface area (Å²) in [6.45, 7) is 8.16. The van der Waals surface area contributed by atoms with Crippen molar-refractivity contribution < 1.29 is 24.2 Å². The fraction of sp³-hybridized carbons (Fsp3) is 0.436. The van der Waals surface area contributed by atoms with Crippen molar-refractivity contribution in [1.29, 1.82) is 0 Å².